The average molecular weight is 375 g/mol. The summed E-state index contributed by atoms with van der Waals surface area (Å²) in [4.78, 5) is 0. The first-order chi connectivity index (χ1) is 13.8. The van der Waals surface area contributed by atoms with E-state index < -0.39 is 0 Å². The van der Waals surface area contributed by atoms with Crippen molar-refractivity contribution >= 4 is 0 Å². The third-order valence-electron chi connectivity index (χ3n) is 7.28. The summed E-state index contributed by atoms with van der Waals surface area (Å²) in [6.45, 7) is 5.55. The largest absolute Gasteiger partial charge is 0.494 e. The lowest BCUT2D eigenvalue weighted by atomic mass is 9.61. The van der Waals surface area contributed by atoms with Gasteiger partial charge >= 0.3 is 0 Å². The van der Waals surface area contributed by atoms with Crippen molar-refractivity contribution in [1.82, 2.24) is 0 Å². The van der Waals surface area contributed by atoms with Crippen molar-refractivity contribution in [1.29, 1.82) is 0 Å². The zero-order valence-corrected chi connectivity index (χ0v) is 17.0. The van der Waals surface area contributed by atoms with E-state index in [0.29, 0.717) is 19.1 Å². The highest BCUT2D eigenvalue weighted by Gasteiger charge is 2.58. The van der Waals surface area contributed by atoms with Crippen LogP contribution < -0.4 is 9.47 Å². The fourth-order valence-corrected chi connectivity index (χ4v) is 6.43. The first-order valence-electron chi connectivity index (χ1n) is 10.9. The summed E-state index contributed by atoms with van der Waals surface area (Å²) >= 11 is 0. The molecule has 3 aliphatic rings. The number of rotatable bonds is 6. The Morgan fingerprint density at radius 3 is 2.11 bits per heavy atom. The summed E-state index contributed by atoms with van der Waals surface area (Å²) in [6.07, 6.45) is 6.40. The van der Waals surface area contributed by atoms with Crippen molar-refractivity contribution in [3.63, 3.8) is 0 Å². The highest BCUT2D eigenvalue weighted by Crippen LogP contribution is 2.67. The number of para-hydroxylation sites is 2. The minimum atomic E-state index is -0.0363. The van der Waals surface area contributed by atoms with E-state index in [2.05, 4.69) is 62.4 Å². The topological polar surface area (TPSA) is 18.5 Å². The molecule has 0 radical (unpaired) electrons. The molecule has 0 aromatic heterocycles. The fourth-order valence-electron chi connectivity index (χ4n) is 6.43. The van der Waals surface area contributed by atoms with Gasteiger partial charge in [-0.2, -0.15) is 0 Å². The molecule has 2 nitrogen and oxygen atoms in total. The highest BCUT2D eigenvalue weighted by molar-refractivity contribution is 5.58. The zero-order valence-electron chi connectivity index (χ0n) is 17.0. The van der Waals surface area contributed by atoms with Crippen LogP contribution in [0.3, 0.4) is 0 Å². The molecule has 0 spiro atoms. The van der Waals surface area contributed by atoms with Crippen LogP contribution in [-0.2, 0) is 5.41 Å². The van der Waals surface area contributed by atoms with Gasteiger partial charge in [-0.1, -0.05) is 47.5 Å². The van der Waals surface area contributed by atoms with E-state index in [1.54, 1.807) is 11.1 Å². The Morgan fingerprint density at radius 2 is 1.50 bits per heavy atom. The van der Waals surface area contributed by atoms with Gasteiger partial charge in [0.2, 0.25) is 0 Å². The van der Waals surface area contributed by atoms with Crippen molar-refractivity contribution in [3.8, 4) is 11.5 Å². The van der Waals surface area contributed by atoms with Crippen LogP contribution in [0.15, 0.2) is 59.7 Å². The second-order valence-corrected chi connectivity index (χ2v) is 8.44. The van der Waals surface area contributed by atoms with Crippen molar-refractivity contribution < 1.29 is 9.47 Å². The van der Waals surface area contributed by atoms with Crippen LogP contribution in [0, 0.1) is 11.8 Å². The molecule has 0 amide bonds. The Morgan fingerprint density at radius 1 is 0.893 bits per heavy atom. The molecule has 5 rings (SSSR count). The van der Waals surface area contributed by atoms with Gasteiger partial charge in [0.15, 0.2) is 0 Å². The van der Waals surface area contributed by atoms with E-state index >= 15 is 0 Å². The lowest BCUT2D eigenvalue weighted by Gasteiger charge is -2.42. The van der Waals surface area contributed by atoms with Gasteiger partial charge < -0.3 is 9.47 Å². The van der Waals surface area contributed by atoms with Gasteiger partial charge in [-0.05, 0) is 69.9 Å². The Hall–Kier alpha value is -2.22. The molecule has 0 heterocycles. The Kier molecular flexibility index (Phi) is 4.45. The zero-order chi connectivity index (χ0) is 19.1. The van der Waals surface area contributed by atoms with E-state index in [1.807, 2.05) is 0 Å². The third-order valence-corrected chi connectivity index (χ3v) is 7.28. The average Bonchev–Trinajstić information content (AvgIpc) is 3.42. The van der Waals surface area contributed by atoms with Gasteiger partial charge in [0.25, 0.3) is 0 Å². The molecule has 28 heavy (non-hydrogen) atoms. The van der Waals surface area contributed by atoms with Crippen molar-refractivity contribution in [2.45, 2.75) is 51.4 Å². The van der Waals surface area contributed by atoms with E-state index in [-0.39, 0.29) is 5.41 Å². The van der Waals surface area contributed by atoms with Gasteiger partial charge in [-0.15, -0.1) is 0 Å². The van der Waals surface area contributed by atoms with E-state index in [1.165, 1.54) is 36.8 Å². The maximum absolute atomic E-state index is 6.16. The van der Waals surface area contributed by atoms with Crippen molar-refractivity contribution in [2.24, 2.45) is 11.8 Å². The lowest BCUT2D eigenvalue weighted by Crippen LogP contribution is -2.38. The summed E-state index contributed by atoms with van der Waals surface area (Å²) in [5, 5.41) is 0. The minimum Gasteiger partial charge on any atom is -0.494 e. The molecule has 2 aromatic rings. The number of allylic oxidation sites excluding steroid dienone is 2. The number of hydrogen-bond acceptors (Lipinski definition) is 2. The Balaban J connectivity index is 1.75. The molecule has 2 fully saturated rings. The molecule has 2 aromatic carbocycles. The first kappa shape index (κ1) is 17.8. The second kappa shape index (κ2) is 6.99. The van der Waals surface area contributed by atoms with Gasteiger partial charge in [0, 0.05) is 16.5 Å². The summed E-state index contributed by atoms with van der Waals surface area (Å²) in [7, 11) is 0. The molecule has 0 aliphatic heterocycles. The predicted molar refractivity (Wildman–Crippen MR) is 113 cm³/mol. The van der Waals surface area contributed by atoms with E-state index in [0.717, 1.165) is 23.8 Å². The molecule has 2 heteroatoms. The molecule has 2 saturated carbocycles. The molecule has 0 N–H and O–H groups in total. The molecule has 0 saturated heterocycles. The third kappa shape index (κ3) is 2.46. The van der Waals surface area contributed by atoms with Crippen LogP contribution in [-0.4, -0.2) is 13.2 Å². The molecular weight excluding hydrogens is 344 g/mol. The molecule has 2 atom stereocenters. The second-order valence-electron chi connectivity index (χ2n) is 8.44. The summed E-state index contributed by atoms with van der Waals surface area (Å²) < 4.78 is 12.3. The van der Waals surface area contributed by atoms with Crippen LogP contribution in [0.5, 0.6) is 11.5 Å². The molecular formula is C26H30O2. The SMILES string of the molecule is CCOc1ccccc1C1(c2ccccc2OCC)CC2=C3CCCC3C1C2. The number of ether oxygens (including phenoxy) is 2. The van der Waals surface area contributed by atoms with E-state index in [4.69, 9.17) is 9.47 Å². The highest BCUT2D eigenvalue weighted by atomic mass is 16.5. The van der Waals surface area contributed by atoms with E-state index in [9.17, 15) is 0 Å². The standard InChI is InChI=1S/C26H30O2/c1-3-27-24-14-7-5-12-21(24)26(22-13-6-8-15-25(22)28-4-2)17-18-16-23(26)20-11-9-10-19(18)20/h5-8,12-15,20,23H,3-4,9-11,16-17H2,1-2H3. The van der Waals surface area contributed by atoms with Gasteiger partial charge in [-0.25, -0.2) is 0 Å². The first-order valence-corrected chi connectivity index (χ1v) is 10.9. The van der Waals surface area contributed by atoms with Crippen molar-refractivity contribution in [2.75, 3.05) is 13.2 Å². The van der Waals surface area contributed by atoms with Crippen LogP contribution in [0.25, 0.3) is 0 Å². The summed E-state index contributed by atoms with van der Waals surface area (Å²) in [5.74, 6) is 3.46. The van der Waals surface area contributed by atoms with Crippen LogP contribution in [0.2, 0.25) is 0 Å². The molecule has 146 valence electrons. The number of benzene rings is 2. The lowest BCUT2D eigenvalue weighted by molar-refractivity contribution is 0.257. The predicted octanol–water partition coefficient (Wildman–Crippen LogP) is 6.29. The van der Waals surface area contributed by atoms with Crippen LogP contribution >= 0.6 is 0 Å². The van der Waals surface area contributed by atoms with Crippen LogP contribution in [0.4, 0.5) is 0 Å². The number of hydrogen-bond donors (Lipinski definition) is 0. The maximum atomic E-state index is 6.16. The maximum Gasteiger partial charge on any atom is 0.123 e. The molecule has 2 unspecified atom stereocenters. The monoisotopic (exact) mass is 374 g/mol. The fraction of sp³-hybridized carbons (Fsp3) is 0.462. The summed E-state index contributed by atoms with van der Waals surface area (Å²) in [5.41, 5.74) is 6.20. The Bertz CT molecular complexity index is 861. The molecule has 3 aliphatic carbocycles. The van der Waals surface area contributed by atoms with Gasteiger partial charge in [0.1, 0.15) is 11.5 Å². The summed E-state index contributed by atoms with van der Waals surface area (Å²) in [6, 6.07) is 17.5. The smallest absolute Gasteiger partial charge is 0.123 e. The quantitative estimate of drug-likeness (QED) is 0.553. The normalized spacial score (nSPS) is 24.5. The minimum absolute atomic E-state index is 0.0363. The van der Waals surface area contributed by atoms with Gasteiger partial charge in [0.05, 0.1) is 13.2 Å². The number of fused-ring (bicyclic) bond motifs is 4. The molecule has 2 bridgehead atoms. The van der Waals surface area contributed by atoms with Crippen molar-refractivity contribution in [3.05, 3.63) is 70.8 Å². The van der Waals surface area contributed by atoms with Crippen LogP contribution in [0.1, 0.15) is 57.1 Å². The Labute approximate surface area is 168 Å². The van der Waals surface area contributed by atoms with Gasteiger partial charge in [-0.3, -0.25) is 0 Å².